The smallest absolute Gasteiger partial charge is 0.280 e. The highest BCUT2D eigenvalue weighted by Gasteiger charge is 2.15. The summed E-state index contributed by atoms with van der Waals surface area (Å²) < 4.78 is 1.37. The number of para-hydroxylation sites is 1. The molecular weight excluding hydrogens is 293 g/mol. The lowest BCUT2D eigenvalue weighted by Gasteiger charge is -2.07. The van der Waals surface area contributed by atoms with Crippen LogP contribution >= 0.6 is 34.7 Å². The van der Waals surface area contributed by atoms with Crippen LogP contribution in [0.4, 0.5) is 10.7 Å². The van der Waals surface area contributed by atoms with E-state index in [2.05, 4.69) is 5.32 Å². The van der Waals surface area contributed by atoms with E-state index in [4.69, 9.17) is 28.5 Å². The number of nitrogens with one attached hydrogen (secondary N) is 1. The SMILES string of the molecule is Cn1sc(Nc2c(Cl)cccc2Cl)c(C#N)c1=O. The Kier molecular flexibility index (Phi) is 3.62. The van der Waals surface area contributed by atoms with Crippen molar-refractivity contribution in [1.29, 1.82) is 5.26 Å². The van der Waals surface area contributed by atoms with Gasteiger partial charge < -0.3 is 5.32 Å². The van der Waals surface area contributed by atoms with Crippen molar-refractivity contribution < 1.29 is 0 Å². The van der Waals surface area contributed by atoms with E-state index in [1.54, 1.807) is 25.2 Å². The number of benzene rings is 1. The first kappa shape index (κ1) is 13.0. The van der Waals surface area contributed by atoms with Crippen LogP contribution in [0.15, 0.2) is 23.0 Å². The van der Waals surface area contributed by atoms with Crippen LogP contribution in [0.25, 0.3) is 0 Å². The van der Waals surface area contributed by atoms with Crippen LogP contribution in [0, 0.1) is 11.3 Å². The van der Waals surface area contributed by atoms with Crippen LogP contribution in [0.3, 0.4) is 0 Å². The molecule has 0 amide bonds. The minimum absolute atomic E-state index is 0.0542. The van der Waals surface area contributed by atoms with Gasteiger partial charge in [-0.25, -0.2) is 0 Å². The zero-order chi connectivity index (χ0) is 13.3. The van der Waals surface area contributed by atoms with Gasteiger partial charge in [-0.2, -0.15) is 5.26 Å². The summed E-state index contributed by atoms with van der Waals surface area (Å²) in [4.78, 5) is 11.6. The van der Waals surface area contributed by atoms with Crippen molar-refractivity contribution in [2.24, 2.45) is 7.05 Å². The minimum atomic E-state index is -0.340. The molecule has 1 aromatic heterocycles. The maximum absolute atomic E-state index is 11.6. The zero-order valence-corrected chi connectivity index (χ0v) is 11.5. The largest absolute Gasteiger partial charge is 0.342 e. The van der Waals surface area contributed by atoms with E-state index in [0.29, 0.717) is 20.7 Å². The number of hydrogen-bond acceptors (Lipinski definition) is 4. The summed E-state index contributed by atoms with van der Waals surface area (Å²) in [5.74, 6) is 0. The highest BCUT2D eigenvalue weighted by atomic mass is 35.5. The topological polar surface area (TPSA) is 57.8 Å². The van der Waals surface area contributed by atoms with Gasteiger partial charge in [0.1, 0.15) is 11.1 Å². The molecule has 0 fully saturated rings. The molecule has 0 aliphatic heterocycles. The lowest BCUT2D eigenvalue weighted by Crippen LogP contribution is -2.11. The fourth-order valence-electron chi connectivity index (χ4n) is 1.39. The molecule has 18 heavy (non-hydrogen) atoms. The number of halogens is 2. The van der Waals surface area contributed by atoms with Crippen LogP contribution in [-0.2, 0) is 7.05 Å². The summed E-state index contributed by atoms with van der Waals surface area (Å²) >= 11 is 13.2. The molecule has 0 atom stereocenters. The minimum Gasteiger partial charge on any atom is -0.342 e. The highest BCUT2D eigenvalue weighted by Crippen LogP contribution is 2.34. The van der Waals surface area contributed by atoms with Gasteiger partial charge in [0.05, 0.1) is 15.7 Å². The summed E-state index contributed by atoms with van der Waals surface area (Å²) in [7, 11) is 1.59. The van der Waals surface area contributed by atoms with Crippen molar-refractivity contribution in [2.75, 3.05) is 5.32 Å². The van der Waals surface area contributed by atoms with Crippen molar-refractivity contribution >= 4 is 45.4 Å². The molecule has 0 aliphatic carbocycles. The van der Waals surface area contributed by atoms with Crippen molar-refractivity contribution in [1.82, 2.24) is 3.96 Å². The lowest BCUT2D eigenvalue weighted by molar-refractivity contribution is 0.976. The molecule has 0 bridgehead atoms. The van der Waals surface area contributed by atoms with E-state index in [0.717, 1.165) is 11.5 Å². The first-order valence-electron chi connectivity index (χ1n) is 4.86. The Labute approximate surface area is 117 Å². The molecule has 0 aliphatic rings. The molecule has 1 N–H and O–H groups in total. The third-order valence-electron chi connectivity index (χ3n) is 2.27. The Bertz CT molecular complexity index is 679. The Morgan fingerprint density at radius 2 is 2.00 bits per heavy atom. The first-order valence-corrected chi connectivity index (χ1v) is 6.39. The van der Waals surface area contributed by atoms with E-state index in [-0.39, 0.29) is 11.1 Å². The highest BCUT2D eigenvalue weighted by molar-refractivity contribution is 7.11. The number of rotatable bonds is 2. The van der Waals surface area contributed by atoms with E-state index >= 15 is 0 Å². The van der Waals surface area contributed by atoms with Crippen LogP contribution < -0.4 is 10.9 Å². The third kappa shape index (κ3) is 2.23. The Morgan fingerprint density at radius 1 is 1.39 bits per heavy atom. The predicted molar refractivity (Wildman–Crippen MR) is 74.0 cm³/mol. The molecule has 1 aromatic carbocycles. The molecule has 2 aromatic rings. The van der Waals surface area contributed by atoms with Crippen molar-refractivity contribution in [3.05, 3.63) is 44.2 Å². The van der Waals surface area contributed by atoms with Crippen LogP contribution in [-0.4, -0.2) is 3.96 Å². The summed E-state index contributed by atoms with van der Waals surface area (Å²) in [6.45, 7) is 0. The number of aromatic nitrogens is 1. The number of aryl methyl sites for hydroxylation is 1. The zero-order valence-electron chi connectivity index (χ0n) is 9.20. The van der Waals surface area contributed by atoms with E-state index in [1.807, 2.05) is 6.07 Å². The Hall–Kier alpha value is -1.48. The fraction of sp³-hybridized carbons (Fsp3) is 0.0909. The number of hydrogen-bond donors (Lipinski definition) is 1. The fourth-order valence-corrected chi connectivity index (χ4v) is 2.71. The van der Waals surface area contributed by atoms with Gasteiger partial charge in [-0.05, 0) is 23.7 Å². The molecule has 0 saturated carbocycles. The lowest BCUT2D eigenvalue weighted by atomic mass is 10.3. The van der Waals surface area contributed by atoms with Crippen LogP contribution in [0.2, 0.25) is 10.0 Å². The van der Waals surface area contributed by atoms with Gasteiger partial charge in [-0.15, -0.1) is 0 Å². The second kappa shape index (κ2) is 5.02. The molecule has 4 nitrogen and oxygen atoms in total. The standard InChI is InChI=1S/C11H7Cl2N3OS/c1-16-11(17)6(5-14)10(18-16)15-9-7(12)3-2-4-8(9)13/h2-4,15H,1H3. The molecular formula is C11H7Cl2N3OS. The average Bonchev–Trinajstić information content (AvgIpc) is 2.60. The quantitative estimate of drug-likeness (QED) is 0.925. The summed E-state index contributed by atoms with van der Waals surface area (Å²) in [6, 6.07) is 6.94. The predicted octanol–water partition coefficient (Wildman–Crippen LogP) is 3.37. The Balaban J connectivity index is 2.51. The van der Waals surface area contributed by atoms with Gasteiger partial charge in [-0.3, -0.25) is 8.75 Å². The molecule has 2 rings (SSSR count). The van der Waals surface area contributed by atoms with Gasteiger partial charge in [0.15, 0.2) is 5.56 Å². The van der Waals surface area contributed by atoms with E-state index in [9.17, 15) is 4.79 Å². The Morgan fingerprint density at radius 3 is 2.56 bits per heavy atom. The van der Waals surface area contributed by atoms with Gasteiger partial charge in [0.25, 0.3) is 5.56 Å². The monoisotopic (exact) mass is 299 g/mol. The second-order valence-electron chi connectivity index (χ2n) is 3.43. The molecule has 0 saturated heterocycles. The number of nitrogens with zero attached hydrogens (tertiary/aromatic N) is 2. The third-order valence-corrected chi connectivity index (χ3v) is 3.83. The summed E-state index contributed by atoms with van der Waals surface area (Å²) in [6.07, 6.45) is 0. The van der Waals surface area contributed by atoms with Crippen LogP contribution in [0.5, 0.6) is 0 Å². The van der Waals surface area contributed by atoms with E-state index < -0.39 is 0 Å². The molecule has 7 heteroatoms. The molecule has 0 spiro atoms. The van der Waals surface area contributed by atoms with Crippen molar-refractivity contribution in [2.45, 2.75) is 0 Å². The molecule has 92 valence electrons. The number of anilines is 2. The molecule has 0 radical (unpaired) electrons. The maximum Gasteiger partial charge on any atom is 0.280 e. The van der Waals surface area contributed by atoms with Crippen molar-refractivity contribution in [3.8, 4) is 6.07 Å². The van der Waals surface area contributed by atoms with Gasteiger partial charge >= 0.3 is 0 Å². The van der Waals surface area contributed by atoms with Gasteiger partial charge in [0.2, 0.25) is 0 Å². The van der Waals surface area contributed by atoms with Gasteiger partial charge in [-0.1, -0.05) is 29.3 Å². The van der Waals surface area contributed by atoms with E-state index in [1.165, 1.54) is 3.96 Å². The first-order chi connectivity index (χ1) is 8.54. The normalized spacial score (nSPS) is 10.1. The molecule has 1 heterocycles. The van der Waals surface area contributed by atoms with Crippen molar-refractivity contribution in [3.63, 3.8) is 0 Å². The van der Waals surface area contributed by atoms with Crippen LogP contribution in [0.1, 0.15) is 5.56 Å². The maximum atomic E-state index is 11.6. The number of nitriles is 1. The second-order valence-corrected chi connectivity index (χ2v) is 5.38. The summed E-state index contributed by atoms with van der Waals surface area (Å²) in [5, 5.41) is 13.2. The van der Waals surface area contributed by atoms with Gasteiger partial charge in [0, 0.05) is 7.05 Å². The summed E-state index contributed by atoms with van der Waals surface area (Å²) in [5.41, 5.74) is 0.200. The average molecular weight is 300 g/mol. The molecule has 0 unspecified atom stereocenters.